The first-order chi connectivity index (χ1) is 10.5. The van der Waals surface area contributed by atoms with E-state index in [1.165, 1.54) is 11.8 Å². The molecular weight excluding hydrogens is 294 g/mol. The fraction of sp³-hybridized carbons (Fsp3) is 0.353. The van der Waals surface area contributed by atoms with E-state index in [0.29, 0.717) is 10.6 Å². The maximum absolute atomic E-state index is 11.9. The number of thioether (sulfide) groups is 1. The summed E-state index contributed by atoms with van der Waals surface area (Å²) in [6.45, 7) is 5.99. The second kappa shape index (κ2) is 7.28. The number of hydrogen-bond donors (Lipinski definition) is 1. The van der Waals surface area contributed by atoms with Crippen LogP contribution in [0.25, 0.3) is 10.9 Å². The third-order valence-electron chi connectivity index (χ3n) is 3.49. The van der Waals surface area contributed by atoms with E-state index in [1.54, 1.807) is 0 Å². The Morgan fingerprint density at radius 1 is 1.50 bits per heavy atom. The molecule has 1 amide bonds. The van der Waals surface area contributed by atoms with Crippen LogP contribution in [0.2, 0.25) is 0 Å². The van der Waals surface area contributed by atoms with Crippen LogP contribution in [0, 0.1) is 18.3 Å². The van der Waals surface area contributed by atoms with Crippen LogP contribution in [-0.4, -0.2) is 22.7 Å². The summed E-state index contributed by atoms with van der Waals surface area (Å²) in [5.41, 5.74) is 2.46. The van der Waals surface area contributed by atoms with Gasteiger partial charge < -0.3 is 5.32 Å². The van der Waals surface area contributed by atoms with Crippen molar-refractivity contribution in [3.8, 4) is 6.07 Å². The van der Waals surface area contributed by atoms with Gasteiger partial charge in [0.25, 0.3) is 0 Å². The predicted molar refractivity (Wildman–Crippen MR) is 89.8 cm³/mol. The van der Waals surface area contributed by atoms with Crippen LogP contribution in [0.4, 0.5) is 0 Å². The molecule has 0 unspecified atom stereocenters. The van der Waals surface area contributed by atoms with Gasteiger partial charge in [0.15, 0.2) is 0 Å². The van der Waals surface area contributed by atoms with E-state index in [-0.39, 0.29) is 17.7 Å². The molecule has 0 bridgehead atoms. The Kier molecular flexibility index (Phi) is 5.40. The Labute approximate surface area is 134 Å². The third-order valence-corrected chi connectivity index (χ3v) is 4.48. The number of aryl methyl sites for hydroxylation is 1. The molecule has 1 aromatic carbocycles. The number of carbonyl (C=O) groups is 1. The van der Waals surface area contributed by atoms with E-state index < -0.39 is 0 Å². The summed E-state index contributed by atoms with van der Waals surface area (Å²) < 4.78 is 0. The molecule has 5 heteroatoms. The van der Waals surface area contributed by atoms with E-state index in [0.717, 1.165) is 22.9 Å². The van der Waals surface area contributed by atoms with Crippen molar-refractivity contribution >= 4 is 28.6 Å². The molecule has 22 heavy (non-hydrogen) atoms. The zero-order valence-electron chi connectivity index (χ0n) is 13.0. The summed E-state index contributed by atoms with van der Waals surface area (Å²) in [6.07, 6.45) is 0.896. The monoisotopic (exact) mass is 313 g/mol. The molecule has 0 aliphatic heterocycles. The minimum absolute atomic E-state index is 0.0325. The third kappa shape index (κ3) is 3.77. The highest BCUT2D eigenvalue weighted by molar-refractivity contribution is 8.00. The quantitative estimate of drug-likeness (QED) is 0.859. The lowest BCUT2D eigenvalue weighted by atomic mass is 10.1. The Morgan fingerprint density at radius 3 is 2.95 bits per heavy atom. The molecule has 0 spiro atoms. The van der Waals surface area contributed by atoms with Crippen LogP contribution < -0.4 is 5.32 Å². The summed E-state index contributed by atoms with van der Waals surface area (Å²) >= 11 is 1.31. The lowest BCUT2D eigenvalue weighted by molar-refractivity contribution is -0.119. The smallest absolute Gasteiger partial charge is 0.230 e. The number of nitriles is 1. The van der Waals surface area contributed by atoms with Gasteiger partial charge in [-0.1, -0.05) is 36.9 Å². The molecule has 1 heterocycles. The number of benzene rings is 1. The van der Waals surface area contributed by atoms with Gasteiger partial charge in [-0.3, -0.25) is 4.79 Å². The van der Waals surface area contributed by atoms with Crippen molar-refractivity contribution in [1.82, 2.24) is 10.3 Å². The first-order valence-electron chi connectivity index (χ1n) is 7.27. The molecule has 4 nitrogen and oxygen atoms in total. The molecule has 0 aliphatic rings. The minimum atomic E-state index is -0.0325. The average molecular weight is 313 g/mol. The zero-order chi connectivity index (χ0) is 16.1. The second-order valence-corrected chi connectivity index (χ2v) is 6.23. The van der Waals surface area contributed by atoms with Gasteiger partial charge in [-0.2, -0.15) is 5.26 Å². The number of pyridine rings is 1. The lowest BCUT2D eigenvalue weighted by Gasteiger charge is -2.11. The SMILES string of the molecule is CC[C@H](C)NC(=O)CSc1nc2c(C)cccc2cc1C#N. The van der Waals surface area contributed by atoms with Gasteiger partial charge in [0.2, 0.25) is 5.91 Å². The summed E-state index contributed by atoms with van der Waals surface area (Å²) in [6, 6.07) is 10.1. The van der Waals surface area contributed by atoms with Crippen molar-refractivity contribution in [3.05, 3.63) is 35.4 Å². The first-order valence-corrected chi connectivity index (χ1v) is 8.26. The van der Waals surface area contributed by atoms with Gasteiger partial charge in [-0.25, -0.2) is 4.98 Å². The number of carbonyl (C=O) groups excluding carboxylic acids is 1. The molecule has 1 aromatic heterocycles. The first kappa shape index (κ1) is 16.3. The van der Waals surface area contributed by atoms with E-state index in [4.69, 9.17) is 0 Å². The molecule has 2 rings (SSSR count). The highest BCUT2D eigenvalue weighted by Gasteiger charge is 2.12. The average Bonchev–Trinajstić information content (AvgIpc) is 2.52. The molecule has 114 valence electrons. The van der Waals surface area contributed by atoms with E-state index in [2.05, 4.69) is 16.4 Å². The van der Waals surface area contributed by atoms with Gasteiger partial charge in [-0.05, 0) is 31.9 Å². The van der Waals surface area contributed by atoms with E-state index >= 15 is 0 Å². The minimum Gasteiger partial charge on any atom is -0.353 e. The topological polar surface area (TPSA) is 65.8 Å². The summed E-state index contributed by atoms with van der Waals surface area (Å²) in [5, 5.41) is 13.8. The number of rotatable bonds is 5. The lowest BCUT2D eigenvalue weighted by Crippen LogP contribution is -2.33. The van der Waals surface area contributed by atoms with Crippen molar-refractivity contribution in [3.63, 3.8) is 0 Å². The summed E-state index contributed by atoms with van der Waals surface area (Å²) in [4.78, 5) is 16.5. The molecule has 0 fully saturated rings. The fourth-order valence-corrected chi connectivity index (χ4v) is 2.84. The standard InChI is InChI=1S/C17H19N3OS/c1-4-12(3)19-15(21)10-22-17-14(9-18)8-13-7-5-6-11(2)16(13)20-17/h5-8,12H,4,10H2,1-3H3,(H,19,21)/t12-/m0/s1. The number of nitrogens with zero attached hydrogens (tertiary/aromatic N) is 2. The highest BCUT2D eigenvalue weighted by Crippen LogP contribution is 2.26. The van der Waals surface area contributed by atoms with Crippen LogP contribution in [0.3, 0.4) is 0 Å². The van der Waals surface area contributed by atoms with E-state index in [1.807, 2.05) is 45.0 Å². The normalized spacial score (nSPS) is 11.9. The number of fused-ring (bicyclic) bond motifs is 1. The van der Waals surface area contributed by atoms with Gasteiger partial charge in [0.1, 0.15) is 11.1 Å². The summed E-state index contributed by atoms with van der Waals surface area (Å²) in [5.74, 6) is 0.235. The predicted octanol–water partition coefficient (Wildman–Crippen LogP) is 3.42. The maximum Gasteiger partial charge on any atom is 0.230 e. The van der Waals surface area contributed by atoms with Crippen molar-refractivity contribution in [2.75, 3.05) is 5.75 Å². The van der Waals surface area contributed by atoms with Gasteiger partial charge in [0.05, 0.1) is 16.8 Å². The number of aromatic nitrogens is 1. The Bertz CT molecular complexity index is 736. The Morgan fingerprint density at radius 2 is 2.27 bits per heavy atom. The fourth-order valence-electron chi connectivity index (χ4n) is 2.07. The number of hydrogen-bond acceptors (Lipinski definition) is 4. The largest absolute Gasteiger partial charge is 0.353 e. The van der Waals surface area contributed by atoms with Crippen LogP contribution in [0.15, 0.2) is 29.3 Å². The Balaban J connectivity index is 2.22. The van der Waals surface area contributed by atoms with Crippen LogP contribution in [-0.2, 0) is 4.79 Å². The number of amides is 1. The molecular formula is C17H19N3OS. The molecule has 1 atom stereocenters. The maximum atomic E-state index is 11.9. The second-order valence-electron chi connectivity index (χ2n) is 5.27. The molecule has 1 N–H and O–H groups in total. The molecule has 0 saturated heterocycles. The van der Waals surface area contributed by atoms with Crippen LogP contribution in [0.5, 0.6) is 0 Å². The Hall–Kier alpha value is -2.06. The van der Waals surface area contributed by atoms with E-state index in [9.17, 15) is 10.1 Å². The zero-order valence-corrected chi connectivity index (χ0v) is 13.8. The summed E-state index contributed by atoms with van der Waals surface area (Å²) in [7, 11) is 0. The number of para-hydroxylation sites is 1. The van der Waals surface area contributed by atoms with Crippen LogP contribution in [0.1, 0.15) is 31.4 Å². The highest BCUT2D eigenvalue weighted by atomic mass is 32.2. The molecule has 0 radical (unpaired) electrons. The van der Waals surface area contributed by atoms with Crippen molar-refractivity contribution < 1.29 is 4.79 Å². The van der Waals surface area contributed by atoms with Gasteiger partial charge in [0, 0.05) is 11.4 Å². The van der Waals surface area contributed by atoms with Crippen LogP contribution >= 0.6 is 11.8 Å². The molecule has 0 saturated carbocycles. The molecule has 2 aromatic rings. The van der Waals surface area contributed by atoms with Gasteiger partial charge >= 0.3 is 0 Å². The number of nitrogens with one attached hydrogen (secondary N) is 1. The van der Waals surface area contributed by atoms with Crippen molar-refractivity contribution in [2.24, 2.45) is 0 Å². The van der Waals surface area contributed by atoms with Crippen molar-refractivity contribution in [1.29, 1.82) is 5.26 Å². The van der Waals surface area contributed by atoms with Gasteiger partial charge in [-0.15, -0.1) is 0 Å². The van der Waals surface area contributed by atoms with Crippen molar-refractivity contribution in [2.45, 2.75) is 38.3 Å². The molecule has 0 aliphatic carbocycles.